The number of amides is 1. The molecule has 0 aliphatic rings. The van der Waals surface area contributed by atoms with E-state index in [1.54, 1.807) is 30.6 Å². The van der Waals surface area contributed by atoms with Gasteiger partial charge < -0.3 is 5.32 Å². The highest BCUT2D eigenvalue weighted by Gasteiger charge is 2.16. The molecule has 166 valence electrons. The zero-order chi connectivity index (χ0) is 23.3. The van der Waals surface area contributed by atoms with E-state index in [1.807, 2.05) is 36.4 Å². The Balaban J connectivity index is 1.42. The number of anilines is 2. The van der Waals surface area contributed by atoms with E-state index in [2.05, 4.69) is 15.0 Å². The summed E-state index contributed by atoms with van der Waals surface area (Å²) in [6.45, 7) is 0. The minimum atomic E-state index is -3.78. The Morgan fingerprint density at radius 2 is 1.52 bits per heavy atom. The van der Waals surface area contributed by atoms with Crippen molar-refractivity contribution in [1.29, 1.82) is 0 Å². The smallest absolute Gasteiger partial charge is 0.261 e. The number of nitrogens with zero attached hydrogens (tertiary/aromatic N) is 1. The monoisotopic (exact) mass is 477 g/mol. The molecule has 0 aliphatic heterocycles. The molecular weight excluding hydrogens is 458 g/mol. The first-order valence-electron chi connectivity index (χ1n) is 10.1. The number of carbonyl (C=O) groups excluding carboxylic acids is 1. The Kier molecular flexibility index (Phi) is 6.72. The highest BCUT2D eigenvalue weighted by atomic mass is 35.5. The SMILES string of the molecule is O=C(Nc1ccc(Cc2ccncc2)cc1)c1ccc(NS(=O)(=O)c2ccccc2)c(Cl)c1. The number of pyridine rings is 1. The quantitative estimate of drug-likeness (QED) is 0.374. The van der Waals surface area contributed by atoms with E-state index in [1.165, 1.54) is 30.3 Å². The minimum absolute atomic E-state index is 0.120. The predicted octanol–water partition coefficient (Wildman–Crippen LogP) is 5.38. The maximum absolute atomic E-state index is 12.6. The van der Waals surface area contributed by atoms with Gasteiger partial charge in [-0.25, -0.2) is 8.42 Å². The minimum Gasteiger partial charge on any atom is -0.322 e. The van der Waals surface area contributed by atoms with Crippen LogP contribution in [0.5, 0.6) is 0 Å². The van der Waals surface area contributed by atoms with Crippen LogP contribution in [0.1, 0.15) is 21.5 Å². The van der Waals surface area contributed by atoms with Crippen LogP contribution >= 0.6 is 11.6 Å². The number of hydrogen-bond acceptors (Lipinski definition) is 4. The van der Waals surface area contributed by atoms with E-state index in [9.17, 15) is 13.2 Å². The van der Waals surface area contributed by atoms with Gasteiger partial charge in [0.2, 0.25) is 0 Å². The van der Waals surface area contributed by atoms with Gasteiger partial charge in [-0.2, -0.15) is 0 Å². The summed E-state index contributed by atoms with van der Waals surface area (Å²) >= 11 is 6.26. The first kappa shape index (κ1) is 22.5. The molecule has 1 heterocycles. The van der Waals surface area contributed by atoms with Crippen molar-refractivity contribution in [2.45, 2.75) is 11.3 Å². The number of hydrogen-bond donors (Lipinski definition) is 2. The van der Waals surface area contributed by atoms with Crippen molar-refractivity contribution in [2.75, 3.05) is 10.0 Å². The molecule has 4 rings (SSSR count). The molecule has 2 N–H and O–H groups in total. The lowest BCUT2D eigenvalue weighted by molar-refractivity contribution is 0.102. The van der Waals surface area contributed by atoms with Crippen LogP contribution in [0.4, 0.5) is 11.4 Å². The molecule has 0 aliphatic carbocycles. The zero-order valence-corrected chi connectivity index (χ0v) is 19.0. The van der Waals surface area contributed by atoms with Gasteiger partial charge in [-0.1, -0.05) is 41.9 Å². The summed E-state index contributed by atoms with van der Waals surface area (Å²) in [7, 11) is -3.78. The summed E-state index contributed by atoms with van der Waals surface area (Å²) in [5.41, 5.74) is 3.40. The predicted molar refractivity (Wildman–Crippen MR) is 130 cm³/mol. The Labute approximate surface area is 197 Å². The van der Waals surface area contributed by atoms with Crippen LogP contribution in [0, 0.1) is 0 Å². The van der Waals surface area contributed by atoms with E-state index in [0.29, 0.717) is 11.3 Å². The van der Waals surface area contributed by atoms with Gasteiger partial charge in [0.1, 0.15) is 0 Å². The van der Waals surface area contributed by atoms with Crippen LogP contribution < -0.4 is 10.0 Å². The third kappa shape index (κ3) is 5.77. The number of halogens is 1. The van der Waals surface area contributed by atoms with E-state index in [-0.39, 0.29) is 21.5 Å². The summed E-state index contributed by atoms with van der Waals surface area (Å²) in [6, 6.07) is 23.9. The van der Waals surface area contributed by atoms with E-state index < -0.39 is 10.0 Å². The summed E-state index contributed by atoms with van der Waals surface area (Å²) in [5.74, 6) is -0.351. The van der Waals surface area contributed by atoms with Crippen molar-refractivity contribution in [3.63, 3.8) is 0 Å². The summed E-state index contributed by atoms with van der Waals surface area (Å²) < 4.78 is 27.5. The lowest BCUT2D eigenvalue weighted by Crippen LogP contribution is -2.14. The fourth-order valence-corrected chi connectivity index (χ4v) is 4.57. The Morgan fingerprint density at radius 1 is 0.848 bits per heavy atom. The van der Waals surface area contributed by atoms with Crippen molar-refractivity contribution in [3.8, 4) is 0 Å². The molecule has 0 radical (unpaired) electrons. The standard InChI is InChI=1S/C25H20ClN3O3S/c26-23-17-20(8-11-24(23)29-33(31,32)22-4-2-1-3-5-22)25(30)28-21-9-6-18(7-10-21)16-19-12-14-27-15-13-19/h1-15,17,29H,16H2,(H,28,30). The molecule has 4 aromatic rings. The molecule has 6 nitrogen and oxygen atoms in total. The molecule has 0 saturated carbocycles. The molecule has 1 aromatic heterocycles. The second-order valence-electron chi connectivity index (χ2n) is 7.30. The van der Waals surface area contributed by atoms with Crippen molar-refractivity contribution in [3.05, 3.63) is 119 Å². The van der Waals surface area contributed by atoms with Crippen LogP contribution in [0.2, 0.25) is 5.02 Å². The number of aromatic nitrogens is 1. The summed E-state index contributed by atoms with van der Waals surface area (Å²) in [6.07, 6.45) is 4.28. The van der Waals surface area contributed by atoms with E-state index >= 15 is 0 Å². The maximum Gasteiger partial charge on any atom is 0.261 e. The van der Waals surface area contributed by atoms with Crippen LogP contribution in [-0.4, -0.2) is 19.3 Å². The molecule has 0 spiro atoms. The number of carbonyl (C=O) groups is 1. The van der Waals surface area contributed by atoms with Crippen molar-refractivity contribution >= 4 is 38.9 Å². The molecule has 3 aromatic carbocycles. The third-order valence-corrected chi connectivity index (χ3v) is 6.59. The lowest BCUT2D eigenvalue weighted by Gasteiger charge is -2.11. The van der Waals surface area contributed by atoms with E-state index in [0.717, 1.165) is 17.5 Å². The first-order chi connectivity index (χ1) is 15.9. The largest absolute Gasteiger partial charge is 0.322 e. The molecular formula is C25H20ClN3O3S. The Bertz CT molecular complexity index is 1360. The van der Waals surface area contributed by atoms with Gasteiger partial charge in [0.25, 0.3) is 15.9 Å². The number of nitrogens with one attached hydrogen (secondary N) is 2. The van der Waals surface area contributed by atoms with Crippen molar-refractivity contribution in [1.82, 2.24) is 4.98 Å². The highest BCUT2D eigenvalue weighted by Crippen LogP contribution is 2.26. The lowest BCUT2D eigenvalue weighted by atomic mass is 10.1. The molecule has 0 unspecified atom stereocenters. The highest BCUT2D eigenvalue weighted by molar-refractivity contribution is 7.92. The van der Waals surface area contributed by atoms with Crippen LogP contribution in [0.15, 0.2) is 102 Å². The average molecular weight is 478 g/mol. The topological polar surface area (TPSA) is 88.2 Å². The molecule has 0 atom stereocenters. The molecule has 0 saturated heterocycles. The van der Waals surface area contributed by atoms with Crippen LogP contribution in [0.3, 0.4) is 0 Å². The number of rotatable bonds is 7. The van der Waals surface area contributed by atoms with Gasteiger partial charge in [0.05, 0.1) is 15.6 Å². The maximum atomic E-state index is 12.6. The normalized spacial score (nSPS) is 11.1. The molecule has 33 heavy (non-hydrogen) atoms. The second-order valence-corrected chi connectivity index (χ2v) is 9.39. The van der Waals surface area contributed by atoms with Gasteiger partial charge in [0.15, 0.2) is 0 Å². The third-order valence-electron chi connectivity index (χ3n) is 4.90. The van der Waals surface area contributed by atoms with Crippen molar-refractivity contribution < 1.29 is 13.2 Å². The Morgan fingerprint density at radius 3 is 2.18 bits per heavy atom. The second kappa shape index (κ2) is 9.85. The zero-order valence-electron chi connectivity index (χ0n) is 17.4. The van der Waals surface area contributed by atoms with Gasteiger partial charge >= 0.3 is 0 Å². The average Bonchev–Trinajstić information content (AvgIpc) is 2.83. The van der Waals surface area contributed by atoms with Crippen LogP contribution in [-0.2, 0) is 16.4 Å². The van der Waals surface area contributed by atoms with Gasteiger partial charge in [-0.15, -0.1) is 0 Å². The van der Waals surface area contributed by atoms with Crippen LogP contribution in [0.25, 0.3) is 0 Å². The van der Waals surface area contributed by atoms with Gasteiger partial charge in [-0.05, 0) is 72.1 Å². The molecule has 1 amide bonds. The first-order valence-corrected chi connectivity index (χ1v) is 11.9. The van der Waals surface area contributed by atoms with E-state index in [4.69, 9.17) is 11.6 Å². The van der Waals surface area contributed by atoms with Crippen molar-refractivity contribution in [2.24, 2.45) is 0 Å². The number of sulfonamides is 1. The summed E-state index contributed by atoms with van der Waals surface area (Å²) in [4.78, 5) is 16.8. The molecule has 0 bridgehead atoms. The molecule has 0 fully saturated rings. The summed E-state index contributed by atoms with van der Waals surface area (Å²) in [5, 5.41) is 2.94. The fraction of sp³-hybridized carbons (Fsp3) is 0.0400. The number of benzene rings is 3. The van der Waals surface area contributed by atoms with Gasteiger partial charge in [0, 0.05) is 23.6 Å². The Hall–Kier alpha value is -3.68. The molecule has 8 heteroatoms. The van der Waals surface area contributed by atoms with Gasteiger partial charge in [-0.3, -0.25) is 14.5 Å². The fourth-order valence-electron chi connectivity index (χ4n) is 3.19.